The SMILES string of the molecule is NC(=O)c1ccc2[nH]cc(-c3ccc(NC=O)cc3)c2c1. The number of H-pyrrole nitrogens is 1. The Hall–Kier alpha value is -3.08. The summed E-state index contributed by atoms with van der Waals surface area (Å²) in [5.41, 5.74) is 9.43. The highest BCUT2D eigenvalue weighted by atomic mass is 16.1. The number of rotatable bonds is 4. The number of fused-ring (bicyclic) bond motifs is 1. The second-order valence-electron chi connectivity index (χ2n) is 4.67. The Bertz CT molecular complexity index is 819. The molecule has 1 heterocycles. The molecule has 104 valence electrons. The minimum Gasteiger partial charge on any atom is -0.366 e. The van der Waals surface area contributed by atoms with Crippen LogP contribution in [0.2, 0.25) is 0 Å². The Labute approximate surface area is 120 Å². The van der Waals surface area contributed by atoms with E-state index in [2.05, 4.69) is 10.3 Å². The van der Waals surface area contributed by atoms with Crippen LogP contribution in [0, 0.1) is 0 Å². The average molecular weight is 279 g/mol. The molecule has 21 heavy (non-hydrogen) atoms. The van der Waals surface area contributed by atoms with Crippen molar-refractivity contribution in [3.8, 4) is 11.1 Å². The van der Waals surface area contributed by atoms with Gasteiger partial charge in [0.1, 0.15) is 0 Å². The predicted molar refractivity (Wildman–Crippen MR) is 81.9 cm³/mol. The predicted octanol–water partition coefficient (Wildman–Crippen LogP) is 2.50. The number of hydrogen-bond donors (Lipinski definition) is 3. The number of aromatic nitrogens is 1. The van der Waals surface area contributed by atoms with Crippen molar-refractivity contribution in [1.82, 2.24) is 4.98 Å². The second-order valence-corrected chi connectivity index (χ2v) is 4.67. The zero-order chi connectivity index (χ0) is 14.8. The smallest absolute Gasteiger partial charge is 0.248 e. The van der Waals surface area contributed by atoms with Crippen LogP contribution in [0.1, 0.15) is 10.4 Å². The van der Waals surface area contributed by atoms with Crippen molar-refractivity contribution in [2.24, 2.45) is 5.73 Å². The minimum absolute atomic E-state index is 0.449. The molecule has 2 aromatic carbocycles. The van der Waals surface area contributed by atoms with Gasteiger partial charge in [0, 0.05) is 33.9 Å². The summed E-state index contributed by atoms with van der Waals surface area (Å²) in [5.74, 6) is -0.449. The molecule has 0 aliphatic carbocycles. The number of carbonyl (C=O) groups is 2. The van der Waals surface area contributed by atoms with Crippen LogP contribution in [0.25, 0.3) is 22.0 Å². The highest BCUT2D eigenvalue weighted by molar-refractivity contribution is 6.02. The van der Waals surface area contributed by atoms with Gasteiger partial charge in [0.2, 0.25) is 12.3 Å². The lowest BCUT2D eigenvalue weighted by Crippen LogP contribution is -2.10. The lowest BCUT2D eigenvalue weighted by Gasteiger charge is -2.03. The number of hydrogen-bond acceptors (Lipinski definition) is 2. The van der Waals surface area contributed by atoms with E-state index in [1.807, 2.05) is 36.5 Å². The molecule has 0 fully saturated rings. The number of carbonyl (C=O) groups excluding carboxylic acids is 2. The number of nitrogens with one attached hydrogen (secondary N) is 2. The summed E-state index contributed by atoms with van der Waals surface area (Å²) in [5, 5.41) is 3.52. The lowest BCUT2D eigenvalue weighted by molar-refractivity contribution is -0.105. The number of aromatic amines is 1. The molecule has 0 spiro atoms. The van der Waals surface area contributed by atoms with Crippen molar-refractivity contribution in [2.45, 2.75) is 0 Å². The molecule has 0 aliphatic rings. The molecule has 5 nitrogen and oxygen atoms in total. The van der Waals surface area contributed by atoms with Crippen LogP contribution in [0.3, 0.4) is 0 Å². The first-order valence-electron chi connectivity index (χ1n) is 6.40. The standard InChI is InChI=1S/C16H13N3O2/c17-16(21)11-3-6-15-13(7-11)14(8-18-15)10-1-4-12(5-2-10)19-9-20/h1-9,18H,(H2,17,21)(H,19,20). The van der Waals surface area contributed by atoms with Crippen molar-refractivity contribution < 1.29 is 9.59 Å². The Kier molecular flexibility index (Phi) is 3.16. The van der Waals surface area contributed by atoms with E-state index in [9.17, 15) is 9.59 Å². The maximum absolute atomic E-state index is 11.3. The molecule has 3 aromatic rings. The third kappa shape index (κ3) is 2.36. The van der Waals surface area contributed by atoms with Gasteiger partial charge >= 0.3 is 0 Å². The molecule has 2 amide bonds. The fraction of sp³-hybridized carbons (Fsp3) is 0. The average Bonchev–Trinajstić information content (AvgIpc) is 2.91. The molecule has 3 rings (SSSR count). The van der Waals surface area contributed by atoms with Gasteiger partial charge in [-0.15, -0.1) is 0 Å². The van der Waals surface area contributed by atoms with Crippen LogP contribution in [-0.2, 0) is 4.79 Å². The molecule has 4 N–H and O–H groups in total. The number of primary amides is 1. The van der Waals surface area contributed by atoms with Crippen LogP contribution in [0.15, 0.2) is 48.7 Å². The highest BCUT2D eigenvalue weighted by Gasteiger charge is 2.09. The number of anilines is 1. The Morgan fingerprint density at radius 2 is 1.90 bits per heavy atom. The molecule has 0 atom stereocenters. The van der Waals surface area contributed by atoms with E-state index in [1.165, 1.54) is 0 Å². The molecule has 0 bridgehead atoms. The molecule has 0 radical (unpaired) electrons. The van der Waals surface area contributed by atoms with Gasteiger partial charge in [-0.3, -0.25) is 9.59 Å². The normalized spacial score (nSPS) is 10.5. The summed E-state index contributed by atoms with van der Waals surface area (Å²) in [6.07, 6.45) is 2.53. The summed E-state index contributed by atoms with van der Waals surface area (Å²) >= 11 is 0. The topological polar surface area (TPSA) is 88.0 Å². The van der Waals surface area contributed by atoms with E-state index < -0.39 is 5.91 Å². The van der Waals surface area contributed by atoms with Crippen molar-refractivity contribution >= 4 is 28.9 Å². The van der Waals surface area contributed by atoms with Gasteiger partial charge < -0.3 is 16.0 Å². The third-order valence-electron chi connectivity index (χ3n) is 3.39. The zero-order valence-corrected chi connectivity index (χ0v) is 11.1. The molecule has 0 aliphatic heterocycles. The van der Waals surface area contributed by atoms with Crippen molar-refractivity contribution in [3.63, 3.8) is 0 Å². The van der Waals surface area contributed by atoms with E-state index in [1.54, 1.807) is 12.1 Å². The molecule has 0 saturated heterocycles. The van der Waals surface area contributed by atoms with Crippen LogP contribution in [-0.4, -0.2) is 17.3 Å². The number of nitrogens with two attached hydrogens (primary N) is 1. The number of benzene rings is 2. The van der Waals surface area contributed by atoms with E-state index in [-0.39, 0.29) is 0 Å². The van der Waals surface area contributed by atoms with E-state index in [0.29, 0.717) is 12.0 Å². The molecule has 5 heteroatoms. The second kappa shape index (κ2) is 5.13. The fourth-order valence-corrected chi connectivity index (χ4v) is 2.33. The monoisotopic (exact) mass is 279 g/mol. The Morgan fingerprint density at radius 1 is 1.14 bits per heavy atom. The molecule has 0 unspecified atom stereocenters. The highest BCUT2D eigenvalue weighted by Crippen LogP contribution is 2.30. The van der Waals surface area contributed by atoms with E-state index in [4.69, 9.17) is 5.73 Å². The van der Waals surface area contributed by atoms with Crippen LogP contribution < -0.4 is 11.1 Å². The van der Waals surface area contributed by atoms with Gasteiger partial charge in [0.05, 0.1) is 0 Å². The quantitative estimate of drug-likeness (QED) is 0.641. The van der Waals surface area contributed by atoms with Crippen molar-refractivity contribution in [3.05, 3.63) is 54.2 Å². The van der Waals surface area contributed by atoms with Gasteiger partial charge in [0.25, 0.3) is 0 Å². The van der Waals surface area contributed by atoms with Crippen molar-refractivity contribution in [1.29, 1.82) is 0 Å². The summed E-state index contributed by atoms with van der Waals surface area (Å²) in [6, 6.07) is 12.8. The first-order valence-corrected chi connectivity index (χ1v) is 6.40. The third-order valence-corrected chi connectivity index (χ3v) is 3.39. The Balaban J connectivity index is 2.08. The van der Waals surface area contributed by atoms with Gasteiger partial charge in [0.15, 0.2) is 0 Å². The fourth-order valence-electron chi connectivity index (χ4n) is 2.33. The lowest BCUT2D eigenvalue weighted by atomic mass is 10.0. The molecular weight excluding hydrogens is 266 g/mol. The van der Waals surface area contributed by atoms with Crippen LogP contribution >= 0.6 is 0 Å². The van der Waals surface area contributed by atoms with Gasteiger partial charge in [-0.2, -0.15) is 0 Å². The maximum atomic E-state index is 11.3. The van der Waals surface area contributed by atoms with Crippen LogP contribution in [0.4, 0.5) is 5.69 Å². The minimum atomic E-state index is -0.449. The molecular formula is C16H13N3O2. The maximum Gasteiger partial charge on any atom is 0.248 e. The molecule has 1 aromatic heterocycles. The summed E-state index contributed by atoms with van der Waals surface area (Å²) < 4.78 is 0. The van der Waals surface area contributed by atoms with Gasteiger partial charge in [-0.1, -0.05) is 12.1 Å². The first kappa shape index (κ1) is 12.9. The summed E-state index contributed by atoms with van der Waals surface area (Å²) in [4.78, 5) is 24.9. The summed E-state index contributed by atoms with van der Waals surface area (Å²) in [6.45, 7) is 0. The zero-order valence-electron chi connectivity index (χ0n) is 11.1. The number of amides is 2. The van der Waals surface area contributed by atoms with E-state index in [0.717, 1.165) is 27.7 Å². The molecule has 0 saturated carbocycles. The van der Waals surface area contributed by atoms with Gasteiger partial charge in [-0.05, 0) is 35.9 Å². The first-order chi connectivity index (χ1) is 10.2. The Morgan fingerprint density at radius 3 is 2.57 bits per heavy atom. The van der Waals surface area contributed by atoms with Crippen LogP contribution in [0.5, 0.6) is 0 Å². The summed E-state index contributed by atoms with van der Waals surface area (Å²) in [7, 11) is 0. The van der Waals surface area contributed by atoms with Gasteiger partial charge in [-0.25, -0.2) is 0 Å². The van der Waals surface area contributed by atoms with E-state index >= 15 is 0 Å². The largest absolute Gasteiger partial charge is 0.366 e. The van der Waals surface area contributed by atoms with Crippen molar-refractivity contribution in [2.75, 3.05) is 5.32 Å².